The standard InChI is InChI=1S/C17H28N2/c1-4-16(19(6-3)15-12-13-15)17(18-5-2)14-10-8-7-9-11-14/h7-11,15-18H,4-6,12-13H2,1-3H3. The summed E-state index contributed by atoms with van der Waals surface area (Å²) in [7, 11) is 0. The van der Waals surface area contributed by atoms with Gasteiger partial charge in [-0.3, -0.25) is 4.90 Å². The normalized spacial score (nSPS) is 18.5. The molecule has 1 fully saturated rings. The van der Waals surface area contributed by atoms with Gasteiger partial charge in [-0.2, -0.15) is 0 Å². The Labute approximate surface area is 118 Å². The predicted molar refractivity (Wildman–Crippen MR) is 82.3 cm³/mol. The summed E-state index contributed by atoms with van der Waals surface area (Å²) in [5, 5.41) is 3.71. The average molecular weight is 260 g/mol. The van der Waals surface area contributed by atoms with E-state index in [0.29, 0.717) is 12.1 Å². The molecule has 19 heavy (non-hydrogen) atoms. The summed E-state index contributed by atoms with van der Waals surface area (Å²) >= 11 is 0. The first-order chi connectivity index (χ1) is 9.31. The van der Waals surface area contributed by atoms with Gasteiger partial charge in [-0.05, 0) is 37.9 Å². The highest BCUT2D eigenvalue weighted by Gasteiger charge is 2.35. The number of nitrogens with one attached hydrogen (secondary N) is 1. The lowest BCUT2D eigenvalue weighted by atomic mass is 9.95. The minimum Gasteiger partial charge on any atom is -0.309 e. The third-order valence-corrected chi connectivity index (χ3v) is 4.19. The van der Waals surface area contributed by atoms with Crippen molar-refractivity contribution in [2.45, 2.75) is 58.2 Å². The van der Waals surface area contributed by atoms with Gasteiger partial charge in [-0.1, -0.05) is 51.1 Å². The summed E-state index contributed by atoms with van der Waals surface area (Å²) < 4.78 is 0. The molecule has 2 atom stereocenters. The van der Waals surface area contributed by atoms with Crippen LogP contribution in [0.1, 0.15) is 51.6 Å². The molecule has 0 aliphatic heterocycles. The van der Waals surface area contributed by atoms with Gasteiger partial charge in [0.05, 0.1) is 0 Å². The van der Waals surface area contributed by atoms with Crippen LogP contribution in [-0.2, 0) is 0 Å². The molecule has 0 heterocycles. The summed E-state index contributed by atoms with van der Waals surface area (Å²) in [6.45, 7) is 9.02. The zero-order valence-electron chi connectivity index (χ0n) is 12.6. The Morgan fingerprint density at radius 2 is 1.84 bits per heavy atom. The molecule has 0 bridgehead atoms. The minimum atomic E-state index is 0.455. The van der Waals surface area contributed by atoms with Crippen LogP contribution in [0.25, 0.3) is 0 Å². The molecule has 0 spiro atoms. The van der Waals surface area contributed by atoms with Crippen molar-refractivity contribution in [3.05, 3.63) is 35.9 Å². The molecule has 0 amide bonds. The lowest BCUT2D eigenvalue weighted by Gasteiger charge is -2.37. The van der Waals surface area contributed by atoms with E-state index >= 15 is 0 Å². The van der Waals surface area contributed by atoms with Crippen LogP contribution >= 0.6 is 0 Å². The van der Waals surface area contributed by atoms with E-state index in [1.54, 1.807) is 0 Å². The Morgan fingerprint density at radius 3 is 2.32 bits per heavy atom. The highest BCUT2D eigenvalue weighted by molar-refractivity contribution is 5.21. The maximum atomic E-state index is 3.71. The van der Waals surface area contributed by atoms with Crippen molar-refractivity contribution in [2.24, 2.45) is 0 Å². The summed E-state index contributed by atoms with van der Waals surface area (Å²) in [6.07, 6.45) is 3.98. The van der Waals surface area contributed by atoms with Crippen LogP contribution in [0.3, 0.4) is 0 Å². The van der Waals surface area contributed by atoms with E-state index in [9.17, 15) is 0 Å². The maximum absolute atomic E-state index is 3.71. The lowest BCUT2D eigenvalue weighted by Crippen LogP contribution is -2.45. The van der Waals surface area contributed by atoms with Gasteiger partial charge in [0.25, 0.3) is 0 Å². The molecular formula is C17H28N2. The fourth-order valence-electron chi connectivity index (χ4n) is 3.19. The van der Waals surface area contributed by atoms with Crippen LogP contribution in [0.2, 0.25) is 0 Å². The van der Waals surface area contributed by atoms with Crippen molar-refractivity contribution in [2.75, 3.05) is 13.1 Å². The Morgan fingerprint density at radius 1 is 1.16 bits per heavy atom. The molecule has 0 radical (unpaired) electrons. The molecule has 2 nitrogen and oxygen atoms in total. The summed E-state index contributed by atoms with van der Waals surface area (Å²) in [5.41, 5.74) is 1.43. The number of benzene rings is 1. The van der Waals surface area contributed by atoms with E-state index in [4.69, 9.17) is 0 Å². The second kappa shape index (κ2) is 7.06. The highest BCUT2D eigenvalue weighted by Crippen LogP contribution is 2.33. The number of hydrogen-bond acceptors (Lipinski definition) is 2. The highest BCUT2D eigenvalue weighted by atomic mass is 15.2. The first-order valence-corrected chi connectivity index (χ1v) is 7.85. The van der Waals surface area contributed by atoms with Gasteiger partial charge in [0.15, 0.2) is 0 Å². The Balaban J connectivity index is 2.19. The molecule has 1 aromatic carbocycles. The number of hydrogen-bond donors (Lipinski definition) is 1. The van der Waals surface area contributed by atoms with Crippen molar-refractivity contribution in [3.8, 4) is 0 Å². The third kappa shape index (κ3) is 3.58. The molecule has 106 valence electrons. The maximum Gasteiger partial charge on any atom is 0.0478 e. The molecule has 2 rings (SSSR count). The van der Waals surface area contributed by atoms with Crippen molar-refractivity contribution >= 4 is 0 Å². The van der Waals surface area contributed by atoms with Crippen LogP contribution in [-0.4, -0.2) is 30.1 Å². The van der Waals surface area contributed by atoms with E-state index in [1.165, 1.54) is 24.8 Å². The fourth-order valence-corrected chi connectivity index (χ4v) is 3.19. The summed E-state index contributed by atoms with van der Waals surface area (Å²) in [6, 6.07) is 12.8. The van der Waals surface area contributed by atoms with Crippen LogP contribution < -0.4 is 5.32 Å². The Kier molecular flexibility index (Phi) is 5.41. The zero-order chi connectivity index (χ0) is 13.7. The summed E-state index contributed by atoms with van der Waals surface area (Å²) in [5.74, 6) is 0. The summed E-state index contributed by atoms with van der Waals surface area (Å²) in [4.78, 5) is 2.71. The van der Waals surface area contributed by atoms with Crippen molar-refractivity contribution in [1.82, 2.24) is 10.2 Å². The molecule has 1 aliphatic rings. The quantitative estimate of drug-likeness (QED) is 0.768. The zero-order valence-corrected chi connectivity index (χ0v) is 12.6. The fraction of sp³-hybridized carbons (Fsp3) is 0.647. The van der Waals surface area contributed by atoms with Gasteiger partial charge in [0.2, 0.25) is 0 Å². The van der Waals surface area contributed by atoms with Crippen LogP contribution in [0.15, 0.2) is 30.3 Å². The SMILES string of the molecule is CCNC(c1ccccc1)C(CC)N(CC)C1CC1. The van der Waals surface area contributed by atoms with Gasteiger partial charge in [-0.15, -0.1) is 0 Å². The second-order valence-electron chi connectivity index (χ2n) is 5.48. The molecule has 1 saturated carbocycles. The van der Waals surface area contributed by atoms with Gasteiger partial charge in [0, 0.05) is 18.1 Å². The van der Waals surface area contributed by atoms with E-state index in [1.807, 2.05) is 0 Å². The van der Waals surface area contributed by atoms with Crippen LogP contribution in [0.5, 0.6) is 0 Å². The average Bonchev–Trinajstić information content (AvgIpc) is 3.28. The van der Waals surface area contributed by atoms with Crippen molar-refractivity contribution < 1.29 is 0 Å². The monoisotopic (exact) mass is 260 g/mol. The van der Waals surface area contributed by atoms with E-state index < -0.39 is 0 Å². The largest absolute Gasteiger partial charge is 0.309 e. The molecule has 0 saturated heterocycles. The minimum absolute atomic E-state index is 0.455. The second-order valence-corrected chi connectivity index (χ2v) is 5.48. The van der Waals surface area contributed by atoms with Gasteiger partial charge in [0.1, 0.15) is 0 Å². The first kappa shape index (κ1) is 14.5. The Hall–Kier alpha value is -0.860. The molecular weight excluding hydrogens is 232 g/mol. The van der Waals surface area contributed by atoms with Gasteiger partial charge < -0.3 is 5.32 Å². The number of nitrogens with zero attached hydrogens (tertiary/aromatic N) is 1. The molecule has 2 unspecified atom stereocenters. The van der Waals surface area contributed by atoms with E-state index in [0.717, 1.165) is 19.1 Å². The number of rotatable bonds is 8. The van der Waals surface area contributed by atoms with Gasteiger partial charge in [-0.25, -0.2) is 0 Å². The predicted octanol–water partition coefficient (Wildman–Crippen LogP) is 3.60. The Bertz CT molecular complexity index is 359. The first-order valence-electron chi connectivity index (χ1n) is 7.85. The topological polar surface area (TPSA) is 15.3 Å². The third-order valence-electron chi connectivity index (χ3n) is 4.19. The van der Waals surface area contributed by atoms with Crippen LogP contribution in [0.4, 0.5) is 0 Å². The van der Waals surface area contributed by atoms with E-state index in [-0.39, 0.29) is 0 Å². The molecule has 1 N–H and O–H groups in total. The molecule has 0 aromatic heterocycles. The van der Waals surface area contributed by atoms with Crippen molar-refractivity contribution in [1.29, 1.82) is 0 Å². The molecule has 1 aliphatic carbocycles. The van der Waals surface area contributed by atoms with E-state index in [2.05, 4.69) is 61.3 Å². The van der Waals surface area contributed by atoms with Gasteiger partial charge >= 0.3 is 0 Å². The molecule has 1 aromatic rings. The smallest absolute Gasteiger partial charge is 0.0478 e. The lowest BCUT2D eigenvalue weighted by molar-refractivity contribution is 0.150. The number of likely N-dealkylation sites (N-methyl/N-ethyl adjacent to an activating group) is 2. The molecule has 2 heteroatoms. The van der Waals surface area contributed by atoms with Crippen LogP contribution in [0, 0.1) is 0 Å². The van der Waals surface area contributed by atoms with Crippen molar-refractivity contribution in [3.63, 3.8) is 0 Å².